The van der Waals surface area contributed by atoms with E-state index in [1.807, 2.05) is 0 Å². The second-order valence-electron chi connectivity index (χ2n) is 3.97. The maximum atomic E-state index is 12.0. The molecular formula is C12H12BrF2NO2. The molecule has 0 aromatic heterocycles. The van der Waals surface area contributed by atoms with Gasteiger partial charge in [-0.1, -0.05) is 15.9 Å². The van der Waals surface area contributed by atoms with E-state index in [9.17, 15) is 13.6 Å². The summed E-state index contributed by atoms with van der Waals surface area (Å²) in [6.07, 6.45) is 1.73. The van der Waals surface area contributed by atoms with Crippen molar-refractivity contribution in [3.63, 3.8) is 0 Å². The van der Waals surface area contributed by atoms with Gasteiger partial charge in [-0.25, -0.2) is 0 Å². The van der Waals surface area contributed by atoms with Gasteiger partial charge in [-0.05, 0) is 37.1 Å². The van der Waals surface area contributed by atoms with Crippen molar-refractivity contribution in [3.05, 3.63) is 24.3 Å². The van der Waals surface area contributed by atoms with Crippen molar-refractivity contribution >= 4 is 27.5 Å². The first-order valence-corrected chi connectivity index (χ1v) is 6.50. The van der Waals surface area contributed by atoms with Crippen molar-refractivity contribution < 1.29 is 18.3 Å². The van der Waals surface area contributed by atoms with Gasteiger partial charge in [0.2, 0.25) is 5.91 Å². The lowest BCUT2D eigenvalue weighted by Crippen LogP contribution is -2.41. The van der Waals surface area contributed by atoms with Crippen molar-refractivity contribution in [2.45, 2.75) is 24.3 Å². The van der Waals surface area contributed by atoms with Gasteiger partial charge >= 0.3 is 6.61 Å². The number of rotatable bonds is 3. The van der Waals surface area contributed by atoms with E-state index in [4.69, 9.17) is 0 Å². The summed E-state index contributed by atoms with van der Waals surface area (Å²) in [6.45, 7) is -2.19. The number of alkyl halides is 3. The second-order valence-corrected chi connectivity index (χ2v) is 5.08. The van der Waals surface area contributed by atoms with Gasteiger partial charge in [0.05, 0.1) is 4.83 Å². The van der Waals surface area contributed by atoms with Crippen LogP contribution in [0.4, 0.5) is 14.5 Å². The first-order valence-electron chi connectivity index (χ1n) is 5.58. The van der Waals surface area contributed by atoms with Crippen LogP contribution in [0.1, 0.15) is 12.8 Å². The number of hydrogen-bond donors (Lipinski definition) is 0. The molecule has 1 aliphatic heterocycles. The maximum absolute atomic E-state index is 12.0. The molecule has 0 radical (unpaired) electrons. The molecule has 0 saturated carbocycles. The Kier molecular flexibility index (Phi) is 4.16. The third-order valence-electron chi connectivity index (χ3n) is 2.75. The van der Waals surface area contributed by atoms with Crippen molar-refractivity contribution in [1.29, 1.82) is 0 Å². The number of anilines is 1. The van der Waals surface area contributed by atoms with Crippen LogP contribution in [0.2, 0.25) is 0 Å². The minimum Gasteiger partial charge on any atom is -0.435 e. The quantitative estimate of drug-likeness (QED) is 0.801. The summed E-state index contributed by atoms with van der Waals surface area (Å²) >= 11 is 3.32. The van der Waals surface area contributed by atoms with Crippen LogP contribution in [-0.4, -0.2) is 23.9 Å². The monoisotopic (exact) mass is 319 g/mol. The molecule has 1 amide bonds. The van der Waals surface area contributed by atoms with Crippen LogP contribution < -0.4 is 9.64 Å². The van der Waals surface area contributed by atoms with Gasteiger partial charge < -0.3 is 9.64 Å². The van der Waals surface area contributed by atoms with E-state index in [1.165, 1.54) is 12.1 Å². The van der Waals surface area contributed by atoms with Crippen LogP contribution in [0.3, 0.4) is 0 Å². The average molecular weight is 320 g/mol. The lowest BCUT2D eigenvalue weighted by Gasteiger charge is -2.29. The van der Waals surface area contributed by atoms with Crippen molar-refractivity contribution in [1.82, 2.24) is 0 Å². The third kappa shape index (κ3) is 2.98. The van der Waals surface area contributed by atoms with E-state index in [0.29, 0.717) is 12.2 Å². The van der Waals surface area contributed by atoms with E-state index in [-0.39, 0.29) is 16.5 Å². The largest absolute Gasteiger partial charge is 0.435 e. The van der Waals surface area contributed by atoms with Gasteiger partial charge in [0, 0.05) is 12.2 Å². The Morgan fingerprint density at radius 1 is 1.33 bits per heavy atom. The number of nitrogens with zero attached hydrogens (tertiary/aromatic N) is 1. The molecule has 1 heterocycles. The van der Waals surface area contributed by atoms with Gasteiger partial charge in [-0.15, -0.1) is 0 Å². The Morgan fingerprint density at radius 3 is 2.61 bits per heavy atom. The fourth-order valence-corrected chi connectivity index (χ4v) is 2.47. The smallest absolute Gasteiger partial charge is 0.387 e. The molecule has 0 bridgehead atoms. The number of halogens is 3. The third-order valence-corrected chi connectivity index (χ3v) is 3.60. The van der Waals surface area contributed by atoms with Crippen LogP contribution in [0.15, 0.2) is 24.3 Å². The zero-order valence-corrected chi connectivity index (χ0v) is 11.1. The molecule has 6 heteroatoms. The van der Waals surface area contributed by atoms with Crippen molar-refractivity contribution in [2.24, 2.45) is 0 Å². The van der Waals surface area contributed by atoms with Gasteiger partial charge in [0.1, 0.15) is 5.75 Å². The molecule has 1 aromatic rings. The summed E-state index contributed by atoms with van der Waals surface area (Å²) in [5, 5.41) is 0. The maximum Gasteiger partial charge on any atom is 0.387 e. The standard InChI is InChI=1S/C12H12BrF2NO2/c13-10-2-1-7-16(11(10)17)8-3-5-9(6-4-8)18-12(14)15/h3-6,10,12H,1-2,7H2/t10-/m0/s1. The van der Waals surface area contributed by atoms with Crippen LogP contribution >= 0.6 is 15.9 Å². The Hall–Kier alpha value is -1.17. The Bertz CT molecular complexity index is 425. The Labute approximate surface area is 112 Å². The van der Waals surface area contributed by atoms with Gasteiger partial charge in [0.25, 0.3) is 0 Å². The lowest BCUT2D eigenvalue weighted by atomic mass is 10.1. The average Bonchev–Trinajstić information content (AvgIpc) is 2.33. The zero-order chi connectivity index (χ0) is 13.1. The van der Waals surface area contributed by atoms with Crippen molar-refractivity contribution in [3.8, 4) is 5.75 Å². The first-order chi connectivity index (χ1) is 8.58. The number of amides is 1. The van der Waals surface area contributed by atoms with E-state index in [2.05, 4.69) is 20.7 Å². The molecule has 3 nitrogen and oxygen atoms in total. The van der Waals surface area contributed by atoms with E-state index in [1.54, 1.807) is 17.0 Å². The highest BCUT2D eigenvalue weighted by Crippen LogP contribution is 2.26. The van der Waals surface area contributed by atoms with Crippen LogP contribution in [0, 0.1) is 0 Å². The molecule has 98 valence electrons. The van der Waals surface area contributed by atoms with Crippen molar-refractivity contribution in [2.75, 3.05) is 11.4 Å². The number of carbonyl (C=O) groups is 1. The molecular weight excluding hydrogens is 308 g/mol. The summed E-state index contributed by atoms with van der Waals surface area (Å²) in [7, 11) is 0. The number of benzene rings is 1. The summed E-state index contributed by atoms with van der Waals surface area (Å²) in [6, 6.07) is 6.10. The molecule has 1 fully saturated rings. The first kappa shape index (κ1) is 13.3. The highest BCUT2D eigenvalue weighted by molar-refractivity contribution is 9.10. The fraction of sp³-hybridized carbons (Fsp3) is 0.417. The fourth-order valence-electron chi connectivity index (χ4n) is 1.90. The minimum absolute atomic E-state index is 0.00350. The normalized spacial score (nSPS) is 20.3. The molecule has 0 spiro atoms. The predicted molar refractivity (Wildman–Crippen MR) is 67.4 cm³/mol. The summed E-state index contributed by atoms with van der Waals surface area (Å²) in [5.74, 6) is 0.0948. The molecule has 1 aliphatic rings. The molecule has 0 aliphatic carbocycles. The summed E-state index contributed by atoms with van der Waals surface area (Å²) in [4.78, 5) is 13.4. The molecule has 2 rings (SSSR count). The van der Waals surface area contributed by atoms with Crippen LogP contribution in [-0.2, 0) is 4.79 Å². The number of carbonyl (C=O) groups excluding carboxylic acids is 1. The van der Waals surface area contributed by atoms with E-state index >= 15 is 0 Å². The minimum atomic E-state index is -2.83. The van der Waals surface area contributed by atoms with Crippen LogP contribution in [0.5, 0.6) is 5.75 Å². The van der Waals surface area contributed by atoms with E-state index < -0.39 is 6.61 Å². The Morgan fingerprint density at radius 2 is 2.00 bits per heavy atom. The highest BCUT2D eigenvalue weighted by atomic mass is 79.9. The zero-order valence-electron chi connectivity index (χ0n) is 9.48. The molecule has 1 aromatic carbocycles. The molecule has 1 saturated heterocycles. The Balaban J connectivity index is 2.11. The summed E-state index contributed by atoms with van der Waals surface area (Å²) < 4.78 is 28.3. The highest BCUT2D eigenvalue weighted by Gasteiger charge is 2.27. The predicted octanol–water partition coefficient (Wildman–Crippen LogP) is 3.18. The summed E-state index contributed by atoms with van der Waals surface area (Å²) in [5.41, 5.74) is 0.700. The SMILES string of the molecule is O=C1[C@@H](Br)CCCN1c1ccc(OC(F)F)cc1. The van der Waals surface area contributed by atoms with Gasteiger partial charge in [-0.2, -0.15) is 8.78 Å². The van der Waals surface area contributed by atoms with Gasteiger partial charge in [-0.3, -0.25) is 4.79 Å². The lowest BCUT2D eigenvalue weighted by molar-refractivity contribution is -0.118. The topological polar surface area (TPSA) is 29.5 Å². The second kappa shape index (κ2) is 5.65. The molecule has 18 heavy (non-hydrogen) atoms. The van der Waals surface area contributed by atoms with E-state index in [0.717, 1.165) is 12.8 Å². The number of piperidine rings is 1. The number of hydrogen-bond acceptors (Lipinski definition) is 2. The number of ether oxygens (including phenoxy) is 1. The van der Waals surface area contributed by atoms with Crippen LogP contribution in [0.25, 0.3) is 0 Å². The molecule has 0 unspecified atom stereocenters. The molecule has 1 atom stereocenters. The molecule has 0 N–H and O–H groups in total. The van der Waals surface area contributed by atoms with Gasteiger partial charge in [0.15, 0.2) is 0 Å².